The van der Waals surface area contributed by atoms with E-state index in [9.17, 15) is 0 Å². The summed E-state index contributed by atoms with van der Waals surface area (Å²) in [6.45, 7) is 0.593. The molecule has 1 aromatic heterocycles. The minimum absolute atomic E-state index is 0.255. The molecular formula is C15H18N2O. The van der Waals surface area contributed by atoms with E-state index in [0.29, 0.717) is 6.54 Å². The molecule has 0 amide bonds. The van der Waals surface area contributed by atoms with Gasteiger partial charge in [0.2, 0.25) is 0 Å². The van der Waals surface area contributed by atoms with Gasteiger partial charge in [0.15, 0.2) is 0 Å². The third-order valence-corrected chi connectivity index (χ3v) is 3.07. The largest absolute Gasteiger partial charge is 0.496 e. The number of aromatic nitrogens is 1. The average molecular weight is 242 g/mol. The van der Waals surface area contributed by atoms with Crippen LogP contribution in [0.3, 0.4) is 0 Å². The Morgan fingerprint density at radius 1 is 1.22 bits per heavy atom. The lowest BCUT2D eigenvalue weighted by atomic mass is 9.92. The maximum Gasteiger partial charge on any atom is 0.122 e. The first-order valence-electron chi connectivity index (χ1n) is 6.07. The topological polar surface area (TPSA) is 48.1 Å². The van der Waals surface area contributed by atoms with Crippen LogP contribution in [0.1, 0.15) is 17.0 Å². The zero-order chi connectivity index (χ0) is 12.8. The molecule has 0 saturated heterocycles. The van der Waals surface area contributed by atoms with Crippen LogP contribution in [0.25, 0.3) is 0 Å². The van der Waals surface area contributed by atoms with Crippen molar-refractivity contribution in [3.8, 4) is 5.75 Å². The second kappa shape index (κ2) is 6.17. The zero-order valence-corrected chi connectivity index (χ0v) is 10.5. The fourth-order valence-corrected chi connectivity index (χ4v) is 2.13. The Balaban J connectivity index is 2.23. The molecule has 0 spiro atoms. The Morgan fingerprint density at radius 3 is 2.72 bits per heavy atom. The van der Waals surface area contributed by atoms with Crippen LogP contribution in [0.4, 0.5) is 0 Å². The van der Waals surface area contributed by atoms with E-state index in [-0.39, 0.29) is 5.92 Å². The smallest absolute Gasteiger partial charge is 0.122 e. The first-order chi connectivity index (χ1) is 8.85. The van der Waals surface area contributed by atoms with Gasteiger partial charge in [0.05, 0.1) is 7.11 Å². The number of nitrogens with zero attached hydrogens (tertiary/aromatic N) is 1. The van der Waals surface area contributed by atoms with Gasteiger partial charge in [0, 0.05) is 18.3 Å². The minimum Gasteiger partial charge on any atom is -0.496 e. The van der Waals surface area contributed by atoms with Crippen LogP contribution in [-0.2, 0) is 6.42 Å². The summed E-state index contributed by atoms with van der Waals surface area (Å²) in [5.41, 5.74) is 8.25. The van der Waals surface area contributed by atoms with Crippen LogP contribution in [-0.4, -0.2) is 18.6 Å². The highest BCUT2D eigenvalue weighted by Gasteiger charge is 2.14. The van der Waals surface area contributed by atoms with Crippen LogP contribution < -0.4 is 10.5 Å². The molecule has 1 aromatic carbocycles. The fraction of sp³-hybridized carbons (Fsp3) is 0.267. The van der Waals surface area contributed by atoms with E-state index in [2.05, 4.69) is 17.1 Å². The van der Waals surface area contributed by atoms with Gasteiger partial charge in [-0.2, -0.15) is 0 Å². The Morgan fingerprint density at radius 2 is 2.06 bits per heavy atom. The molecule has 1 unspecified atom stereocenters. The normalized spacial score (nSPS) is 12.1. The minimum atomic E-state index is 0.255. The van der Waals surface area contributed by atoms with E-state index in [0.717, 1.165) is 17.7 Å². The number of hydrogen-bond donors (Lipinski definition) is 1. The van der Waals surface area contributed by atoms with Gasteiger partial charge >= 0.3 is 0 Å². The summed E-state index contributed by atoms with van der Waals surface area (Å²) < 4.78 is 5.39. The van der Waals surface area contributed by atoms with Crippen LogP contribution in [0, 0.1) is 0 Å². The van der Waals surface area contributed by atoms with Crippen molar-refractivity contribution >= 4 is 0 Å². The maximum atomic E-state index is 5.90. The third-order valence-electron chi connectivity index (χ3n) is 3.07. The quantitative estimate of drug-likeness (QED) is 0.875. The standard InChI is InChI=1S/C15H18N2O/c1-18-15-7-3-2-6-14(15)13(10-16)9-12-5-4-8-17-11-12/h2-8,11,13H,9-10,16H2,1H3. The van der Waals surface area contributed by atoms with E-state index in [1.54, 1.807) is 13.3 Å². The van der Waals surface area contributed by atoms with Crippen molar-refractivity contribution in [2.45, 2.75) is 12.3 Å². The molecule has 1 atom stereocenters. The second-order valence-electron chi connectivity index (χ2n) is 4.24. The molecule has 0 aliphatic rings. The van der Waals surface area contributed by atoms with Crippen LogP contribution in [0.5, 0.6) is 5.75 Å². The van der Waals surface area contributed by atoms with Gasteiger partial charge in [-0.25, -0.2) is 0 Å². The molecule has 0 fully saturated rings. The van der Waals surface area contributed by atoms with Gasteiger partial charge in [0.1, 0.15) is 5.75 Å². The van der Waals surface area contributed by atoms with Crippen molar-refractivity contribution in [1.29, 1.82) is 0 Å². The molecule has 2 aromatic rings. The predicted octanol–water partition coefficient (Wildman–Crippen LogP) is 2.38. The zero-order valence-electron chi connectivity index (χ0n) is 10.5. The lowest BCUT2D eigenvalue weighted by Gasteiger charge is -2.18. The summed E-state index contributed by atoms with van der Waals surface area (Å²) in [5.74, 6) is 1.15. The molecule has 0 saturated carbocycles. The Bertz CT molecular complexity index is 485. The highest BCUT2D eigenvalue weighted by molar-refractivity contribution is 5.37. The number of rotatable bonds is 5. The summed E-state index contributed by atoms with van der Waals surface area (Å²) in [6.07, 6.45) is 4.55. The molecule has 3 heteroatoms. The van der Waals surface area contributed by atoms with E-state index < -0.39 is 0 Å². The van der Waals surface area contributed by atoms with Gasteiger partial charge < -0.3 is 10.5 Å². The van der Waals surface area contributed by atoms with E-state index in [1.807, 2.05) is 30.5 Å². The third kappa shape index (κ3) is 2.87. The first-order valence-corrected chi connectivity index (χ1v) is 6.07. The Labute approximate surface area is 108 Å². The van der Waals surface area contributed by atoms with Crippen LogP contribution in [0.2, 0.25) is 0 Å². The molecular weight excluding hydrogens is 224 g/mol. The second-order valence-corrected chi connectivity index (χ2v) is 4.24. The van der Waals surface area contributed by atoms with Gasteiger partial charge in [-0.05, 0) is 36.2 Å². The summed E-state index contributed by atoms with van der Waals surface area (Å²) in [7, 11) is 1.69. The Hall–Kier alpha value is -1.87. The van der Waals surface area contributed by atoms with E-state index in [1.165, 1.54) is 5.56 Å². The molecule has 0 aliphatic carbocycles. The number of hydrogen-bond acceptors (Lipinski definition) is 3. The Kier molecular flexibility index (Phi) is 4.31. The highest BCUT2D eigenvalue weighted by Crippen LogP contribution is 2.28. The fourth-order valence-electron chi connectivity index (χ4n) is 2.13. The van der Waals surface area contributed by atoms with E-state index in [4.69, 9.17) is 10.5 Å². The maximum absolute atomic E-state index is 5.90. The van der Waals surface area contributed by atoms with Crippen molar-refractivity contribution < 1.29 is 4.74 Å². The van der Waals surface area contributed by atoms with Crippen molar-refractivity contribution in [3.05, 3.63) is 59.9 Å². The van der Waals surface area contributed by atoms with Gasteiger partial charge in [0.25, 0.3) is 0 Å². The molecule has 2 rings (SSSR count). The lowest BCUT2D eigenvalue weighted by Crippen LogP contribution is -2.16. The molecule has 0 aliphatic heterocycles. The number of pyridine rings is 1. The van der Waals surface area contributed by atoms with Crippen LogP contribution in [0.15, 0.2) is 48.8 Å². The molecule has 0 radical (unpaired) electrons. The summed E-state index contributed by atoms with van der Waals surface area (Å²) in [5, 5.41) is 0. The average Bonchev–Trinajstić information content (AvgIpc) is 2.46. The molecule has 1 heterocycles. The van der Waals surface area contributed by atoms with Crippen molar-refractivity contribution in [3.63, 3.8) is 0 Å². The van der Waals surface area contributed by atoms with Crippen molar-refractivity contribution in [1.82, 2.24) is 4.98 Å². The number of para-hydroxylation sites is 1. The molecule has 3 nitrogen and oxygen atoms in total. The van der Waals surface area contributed by atoms with Gasteiger partial charge in [-0.1, -0.05) is 24.3 Å². The SMILES string of the molecule is COc1ccccc1C(CN)Cc1cccnc1. The molecule has 94 valence electrons. The predicted molar refractivity (Wildman–Crippen MR) is 72.7 cm³/mol. The van der Waals surface area contributed by atoms with Gasteiger partial charge in [-0.3, -0.25) is 4.98 Å². The van der Waals surface area contributed by atoms with Gasteiger partial charge in [-0.15, -0.1) is 0 Å². The number of nitrogens with two attached hydrogens (primary N) is 1. The number of ether oxygens (including phenoxy) is 1. The number of methoxy groups -OCH3 is 1. The summed E-state index contributed by atoms with van der Waals surface area (Å²) in [4.78, 5) is 4.14. The monoisotopic (exact) mass is 242 g/mol. The molecule has 2 N–H and O–H groups in total. The first kappa shape index (κ1) is 12.6. The number of benzene rings is 1. The van der Waals surface area contributed by atoms with Crippen molar-refractivity contribution in [2.24, 2.45) is 5.73 Å². The molecule has 0 bridgehead atoms. The van der Waals surface area contributed by atoms with Crippen LogP contribution >= 0.6 is 0 Å². The van der Waals surface area contributed by atoms with E-state index >= 15 is 0 Å². The lowest BCUT2D eigenvalue weighted by molar-refractivity contribution is 0.405. The highest BCUT2D eigenvalue weighted by atomic mass is 16.5. The van der Waals surface area contributed by atoms with Crippen molar-refractivity contribution in [2.75, 3.05) is 13.7 Å². The summed E-state index contributed by atoms with van der Waals surface area (Å²) in [6, 6.07) is 12.1. The molecule has 18 heavy (non-hydrogen) atoms. The summed E-state index contributed by atoms with van der Waals surface area (Å²) >= 11 is 0.